The Morgan fingerprint density at radius 1 is 1.05 bits per heavy atom. The number of halogens is 1. The number of aromatic nitrogens is 3. The molecule has 192 valence electrons. The van der Waals surface area contributed by atoms with Gasteiger partial charge in [-0.2, -0.15) is 4.98 Å². The number of nitrogens with one attached hydrogen (secondary N) is 1. The molecule has 3 N–H and O–H groups in total. The van der Waals surface area contributed by atoms with Gasteiger partial charge in [0.1, 0.15) is 11.2 Å². The molecule has 10 nitrogen and oxygen atoms in total. The number of anilines is 3. The second-order valence-electron chi connectivity index (χ2n) is 9.51. The first-order valence-electron chi connectivity index (χ1n) is 12.2. The molecule has 0 spiro atoms. The zero-order valence-corrected chi connectivity index (χ0v) is 20.1. The van der Waals surface area contributed by atoms with Crippen LogP contribution in [0, 0.1) is 17.2 Å². The molecule has 0 atom stereocenters. The molecule has 3 amide bonds. The van der Waals surface area contributed by atoms with E-state index in [1.165, 1.54) is 27.7 Å². The van der Waals surface area contributed by atoms with Gasteiger partial charge in [-0.05, 0) is 62.1 Å². The maximum Gasteiger partial charge on any atom is 0.249 e. The van der Waals surface area contributed by atoms with Gasteiger partial charge < -0.3 is 10.5 Å². The number of nitrogens with two attached hydrogens (primary N) is 1. The predicted molar refractivity (Wildman–Crippen MR) is 135 cm³/mol. The summed E-state index contributed by atoms with van der Waals surface area (Å²) in [4.78, 5) is 43.0. The highest BCUT2D eigenvalue weighted by Crippen LogP contribution is 2.49. The molecule has 38 heavy (non-hydrogen) atoms. The standard InChI is InChI=1S/C27H23FN6O4/c28-20-14-18(34(17-4-2-1-3-5-17)25(37)27(12-13-27)24(29)36)8-10-21(20)38-19-9-11-22-30-26(32-33(22)15-19)31-23(35)16-6-7-16/h1-5,8-11,14-16H,6-7,12-13H2,(H2,29,36)(H,31,32,35). The van der Waals surface area contributed by atoms with Crippen molar-refractivity contribution < 1.29 is 23.5 Å². The molecule has 2 saturated carbocycles. The summed E-state index contributed by atoms with van der Waals surface area (Å²) in [6, 6.07) is 16.1. The maximum atomic E-state index is 15.3. The molecule has 2 aliphatic carbocycles. The average molecular weight is 515 g/mol. The number of carbonyl (C=O) groups is 3. The average Bonchev–Trinajstić information content (AvgIpc) is 3.82. The maximum absolute atomic E-state index is 15.3. The van der Waals surface area contributed by atoms with Crippen molar-refractivity contribution in [2.45, 2.75) is 25.7 Å². The van der Waals surface area contributed by atoms with Crippen LogP contribution in [0.25, 0.3) is 5.65 Å². The Morgan fingerprint density at radius 2 is 1.82 bits per heavy atom. The number of pyridine rings is 1. The highest BCUT2D eigenvalue weighted by Gasteiger charge is 2.57. The molecule has 0 unspecified atom stereocenters. The molecule has 2 aliphatic rings. The van der Waals surface area contributed by atoms with Gasteiger partial charge in [-0.3, -0.25) is 24.6 Å². The van der Waals surface area contributed by atoms with Crippen LogP contribution < -0.4 is 20.7 Å². The van der Waals surface area contributed by atoms with Crippen molar-refractivity contribution in [2.75, 3.05) is 10.2 Å². The van der Waals surface area contributed by atoms with E-state index in [1.54, 1.807) is 48.5 Å². The summed E-state index contributed by atoms with van der Waals surface area (Å²) in [7, 11) is 0. The van der Waals surface area contributed by atoms with Gasteiger partial charge >= 0.3 is 0 Å². The van der Waals surface area contributed by atoms with Gasteiger partial charge in [-0.25, -0.2) is 8.91 Å². The van der Waals surface area contributed by atoms with Crippen LogP contribution in [0.1, 0.15) is 25.7 Å². The highest BCUT2D eigenvalue weighted by molar-refractivity contribution is 6.16. The smallest absolute Gasteiger partial charge is 0.249 e. The Labute approximate surface area is 216 Å². The summed E-state index contributed by atoms with van der Waals surface area (Å²) < 4.78 is 22.4. The van der Waals surface area contributed by atoms with Crippen LogP contribution in [0.2, 0.25) is 0 Å². The molecule has 0 saturated heterocycles. The SMILES string of the molecule is NC(=O)C1(C(=O)N(c2ccccc2)c2ccc(Oc3ccc4nc(NC(=O)C5CC5)nn4c3)c(F)c2)CC1. The Hall–Kier alpha value is -4.80. The third-order valence-corrected chi connectivity index (χ3v) is 6.74. The first kappa shape index (κ1) is 23.6. The molecular formula is C27H23FN6O4. The lowest BCUT2D eigenvalue weighted by Gasteiger charge is -2.26. The molecule has 2 aromatic carbocycles. The molecule has 0 bridgehead atoms. The summed E-state index contributed by atoms with van der Waals surface area (Å²) in [5.74, 6) is -1.59. The van der Waals surface area contributed by atoms with Crippen LogP contribution in [0.3, 0.4) is 0 Å². The summed E-state index contributed by atoms with van der Waals surface area (Å²) in [6.45, 7) is 0. The third kappa shape index (κ3) is 4.32. The van der Waals surface area contributed by atoms with Crippen LogP contribution in [0.15, 0.2) is 66.9 Å². The lowest BCUT2D eigenvalue weighted by molar-refractivity contribution is -0.133. The molecule has 6 rings (SSSR count). The van der Waals surface area contributed by atoms with E-state index in [-0.39, 0.29) is 35.0 Å². The number of rotatable bonds is 8. The second-order valence-corrected chi connectivity index (χ2v) is 9.51. The number of fused-ring (bicyclic) bond motifs is 1. The van der Waals surface area contributed by atoms with Gasteiger partial charge in [0.05, 0.1) is 11.9 Å². The fourth-order valence-corrected chi connectivity index (χ4v) is 4.24. The predicted octanol–water partition coefficient (Wildman–Crippen LogP) is 3.94. The molecule has 0 radical (unpaired) electrons. The number of hydrogen-bond donors (Lipinski definition) is 2. The minimum atomic E-state index is -1.29. The Balaban J connectivity index is 1.26. The minimum Gasteiger partial charge on any atom is -0.453 e. The van der Waals surface area contributed by atoms with Gasteiger partial charge in [-0.1, -0.05) is 18.2 Å². The van der Waals surface area contributed by atoms with Gasteiger partial charge in [0.2, 0.25) is 23.7 Å². The number of benzene rings is 2. The van der Waals surface area contributed by atoms with Crippen molar-refractivity contribution in [2.24, 2.45) is 17.1 Å². The fourth-order valence-electron chi connectivity index (χ4n) is 4.24. The van der Waals surface area contributed by atoms with Gasteiger partial charge in [-0.15, -0.1) is 5.10 Å². The number of hydrogen-bond acceptors (Lipinski definition) is 6. The summed E-state index contributed by atoms with van der Waals surface area (Å²) in [6.07, 6.45) is 3.96. The van der Waals surface area contributed by atoms with Crippen LogP contribution in [0.5, 0.6) is 11.5 Å². The van der Waals surface area contributed by atoms with Crippen LogP contribution in [0.4, 0.5) is 21.7 Å². The van der Waals surface area contributed by atoms with E-state index in [9.17, 15) is 14.4 Å². The van der Waals surface area contributed by atoms with Crippen molar-refractivity contribution >= 4 is 40.7 Å². The molecule has 2 fully saturated rings. The van der Waals surface area contributed by atoms with E-state index in [1.807, 2.05) is 0 Å². The van der Waals surface area contributed by atoms with Crippen molar-refractivity contribution in [1.82, 2.24) is 14.6 Å². The zero-order chi connectivity index (χ0) is 26.4. The van der Waals surface area contributed by atoms with Gasteiger partial charge in [0.15, 0.2) is 17.2 Å². The largest absolute Gasteiger partial charge is 0.453 e. The van der Waals surface area contributed by atoms with E-state index >= 15 is 4.39 Å². The van der Waals surface area contributed by atoms with E-state index in [0.717, 1.165) is 12.8 Å². The lowest BCUT2D eigenvalue weighted by atomic mass is 10.0. The number of primary amides is 1. The van der Waals surface area contributed by atoms with E-state index in [0.29, 0.717) is 24.2 Å². The van der Waals surface area contributed by atoms with Crippen LogP contribution in [-0.2, 0) is 14.4 Å². The van der Waals surface area contributed by atoms with Crippen molar-refractivity contribution in [3.8, 4) is 11.5 Å². The molecule has 2 heterocycles. The Bertz CT molecular complexity index is 1580. The third-order valence-electron chi connectivity index (χ3n) is 6.74. The fraction of sp³-hybridized carbons (Fsp3) is 0.222. The summed E-state index contributed by atoms with van der Waals surface area (Å²) in [5.41, 5.74) is 5.46. The number of nitrogens with zero attached hydrogens (tertiary/aromatic N) is 4. The minimum absolute atomic E-state index is 0.0187. The zero-order valence-electron chi connectivity index (χ0n) is 20.1. The van der Waals surface area contributed by atoms with Crippen molar-refractivity contribution in [3.05, 3.63) is 72.7 Å². The van der Waals surface area contributed by atoms with Crippen LogP contribution in [-0.4, -0.2) is 32.3 Å². The quantitative estimate of drug-likeness (QED) is 0.343. The Morgan fingerprint density at radius 3 is 2.47 bits per heavy atom. The molecule has 11 heteroatoms. The normalized spacial score (nSPS) is 15.6. The molecule has 2 aromatic heterocycles. The second kappa shape index (κ2) is 8.94. The summed E-state index contributed by atoms with van der Waals surface area (Å²) >= 11 is 0. The molecule has 0 aliphatic heterocycles. The highest BCUT2D eigenvalue weighted by atomic mass is 19.1. The van der Waals surface area contributed by atoms with E-state index in [4.69, 9.17) is 10.5 Å². The van der Waals surface area contributed by atoms with Gasteiger partial charge in [0.25, 0.3) is 0 Å². The number of amides is 3. The molecular weight excluding hydrogens is 491 g/mol. The summed E-state index contributed by atoms with van der Waals surface area (Å²) in [5, 5.41) is 6.93. The topological polar surface area (TPSA) is 132 Å². The van der Waals surface area contributed by atoms with Crippen molar-refractivity contribution in [3.63, 3.8) is 0 Å². The monoisotopic (exact) mass is 514 g/mol. The Kier molecular flexibility index (Phi) is 5.55. The van der Waals surface area contributed by atoms with E-state index < -0.39 is 23.0 Å². The number of ether oxygens (including phenoxy) is 1. The molecule has 4 aromatic rings. The van der Waals surface area contributed by atoms with E-state index in [2.05, 4.69) is 15.4 Å². The lowest BCUT2D eigenvalue weighted by Crippen LogP contribution is -2.41. The van der Waals surface area contributed by atoms with Gasteiger partial charge in [0, 0.05) is 17.7 Å². The van der Waals surface area contributed by atoms with Crippen LogP contribution >= 0.6 is 0 Å². The first-order chi connectivity index (χ1) is 18.3. The first-order valence-corrected chi connectivity index (χ1v) is 12.2. The van der Waals surface area contributed by atoms with Crippen molar-refractivity contribution in [1.29, 1.82) is 0 Å². The number of para-hydroxylation sites is 1. The number of carbonyl (C=O) groups excluding carboxylic acids is 3.